The average Bonchev–Trinajstić information content (AvgIpc) is 2.39. The lowest BCUT2D eigenvalue weighted by atomic mass is 9.71. The third-order valence-corrected chi connectivity index (χ3v) is 5.50. The second kappa shape index (κ2) is 6.22. The molecule has 1 N–H and O–H groups in total. The molecule has 0 spiro atoms. The quantitative estimate of drug-likeness (QED) is 0.773. The summed E-state index contributed by atoms with van der Waals surface area (Å²) in [4.78, 5) is 0. The predicted octanol–water partition coefficient (Wildman–Crippen LogP) is 4.39. The van der Waals surface area contributed by atoms with E-state index in [2.05, 4.69) is 13.8 Å². The fourth-order valence-corrected chi connectivity index (χ4v) is 3.95. The Hall–Kier alpha value is -0.0400. The van der Waals surface area contributed by atoms with E-state index in [1.54, 1.807) is 0 Å². The molecule has 17 heavy (non-hydrogen) atoms. The molecule has 2 saturated carbocycles. The van der Waals surface area contributed by atoms with Crippen molar-refractivity contribution < 1.29 is 5.11 Å². The molecule has 0 amide bonds. The molecule has 100 valence electrons. The predicted molar refractivity (Wildman–Crippen MR) is 72.9 cm³/mol. The first-order valence-electron chi connectivity index (χ1n) is 7.88. The molecule has 2 aliphatic carbocycles. The lowest BCUT2D eigenvalue weighted by Gasteiger charge is -2.37. The van der Waals surface area contributed by atoms with Crippen molar-refractivity contribution in [1.29, 1.82) is 0 Å². The Kier molecular flexibility index (Phi) is 4.90. The molecule has 0 aromatic rings. The van der Waals surface area contributed by atoms with Gasteiger partial charge in [0.05, 0.1) is 6.10 Å². The van der Waals surface area contributed by atoms with E-state index in [0.717, 1.165) is 11.8 Å². The fourth-order valence-electron chi connectivity index (χ4n) is 3.95. The lowest BCUT2D eigenvalue weighted by molar-refractivity contribution is 0.00722. The van der Waals surface area contributed by atoms with Gasteiger partial charge in [-0.25, -0.2) is 0 Å². The van der Waals surface area contributed by atoms with Crippen molar-refractivity contribution in [3.05, 3.63) is 0 Å². The number of hydrogen-bond acceptors (Lipinski definition) is 1. The Balaban J connectivity index is 1.78. The molecule has 0 heterocycles. The molecule has 2 rings (SSSR count). The molecule has 0 aromatic heterocycles. The van der Waals surface area contributed by atoms with Crippen LogP contribution in [-0.4, -0.2) is 11.2 Å². The Morgan fingerprint density at radius 2 is 1.35 bits per heavy atom. The van der Waals surface area contributed by atoms with Gasteiger partial charge in [0, 0.05) is 0 Å². The minimum absolute atomic E-state index is 0.0142. The first-order chi connectivity index (χ1) is 8.20. The van der Waals surface area contributed by atoms with Gasteiger partial charge in [0.25, 0.3) is 0 Å². The van der Waals surface area contributed by atoms with Crippen LogP contribution in [0.15, 0.2) is 0 Å². The molecule has 0 aliphatic heterocycles. The summed E-state index contributed by atoms with van der Waals surface area (Å²) < 4.78 is 0. The van der Waals surface area contributed by atoms with Gasteiger partial charge in [-0.15, -0.1) is 0 Å². The number of aliphatic hydroxyl groups is 1. The molecule has 1 nitrogen and oxygen atoms in total. The molecule has 2 fully saturated rings. The highest BCUT2D eigenvalue weighted by Gasteiger charge is 2.32. The maximum atomic E-state index is 10.5. The normalized spacial score (nSPS) is 41.1. The Morgan fingerprint density at radius 3 is 1.82 bits per heavy atom. The van der Waals surface area contributed by atoms with Crippen molar-refractivity contribution in [1.82, 2.24) is 0 Å². The molecule has 1 heteroatoms. The summed E-state index contributed by atoms with van der Waals surface area (Å²) >= 11 is 0. The summed E-state index contributed by atoms with van der Waals surface area (Å²) in [5.74, 6) is 3.09. The summed E-state index contributed by atoms with van der Waals surface area (Å²) in [5.41, 5.74) is 0. The van der Waals surface area contributed by atoms with Crippen LogP contribution in [0.3, 0.4) is 0 Å². The first kappa shape index (κ1) is 13.4. The van der Waals surface area contributed by atoms with E-state index in [9.17, 15) is 5.11 Å². The molecule has 1 atom stereocenters. The van der Waals surface area contributed by atoms with Crippen molar-refractivity contribution in [2.24, 2.45) is 23.7 Å². The van der Waals surface area contributed by atoms with Crippen LogP contribution in [-0.2, 0) is 0 Å². The molecular formula is C16H30O. The number of hydrogen-bond donors (Lipinski definition) is 1. The van der Waals surface area contributed by atoms with Crippen LogP contribution in [0.1, 0.15) is 71.6 Å². The zero-order chi connectivity index (χ0) is 12.3. The van der Waals surface area contributed by atoms with Crippen molar-refractivity contribution in [3.63, 3.8) is 0 Å². The van der Waals surface area contributed by atoms with Crippen molar-refractivity contribution in [2.45, 2.75) is 77.7 Å². The molecule has 1 unspecified atom stereocenters. The minimum Gasteiger partial charge on any atom is -0.393 e. The van der Waals surface area contributed by atoms with E-state index >= 15 is 0 Å². The van der Waals surface area contributed by atoms with Crippen LogP contribution < -0.4 is 0 Å². The van der Waals surface area contributed by atoms with Gasteiger partial charge in [-0.05, 0) is 49.4 Å². The average molecular weight is 238 g/mol. The largest absolute Gasteiger partial charge is 0.393 e. The zero-order valence-electron chi connectivity index (χ0n) is 11.7. The summed E-state index contributed by atoms with van der Waals surface area (Å²) in [6.45, 7) is 4.67. The van der Waals surface area contributed by atoms with Crippen LogP contribution >= 0.6 is 0 Å². The van der Waals surface area contributed by atoms with Crippen molar-refractivity contribution in [3.8, 4) is 0 Å². The molecular weight excluding hydrogens is 208 g/mol. The number of rotatable bonds is 3. The Morgan fingerprint density at radius 1 is 0.882 bits per heavy atom. The Labute approximate surface area is 107 Å². The van der Waals surface area contributed by atoms with Gasteiger partial charge < -0.3 is 5.11 Å². The van der Waals surface area contributed by atoms with E-state index in [1.165, 1.54) is 57.8 Å². The lowest BCUT2D eigenvalue weighted by Crippen LogP contribution is -2.34. The summed E-state index contributed by atoms with van der Waals surface area (Å²) in [5, 5.41) is 10.5. The number of aliphatic hydroxyl groups excluding tert-OH is 1. The summed E-state index contributed by atoms with van der Waals surface area (Å²) in [6.07, 6.45) is 11.9. The van der Waals surface area contributed by atoms with Gasteiger partial charge in [-0.3, -0.25) is 0 Å². The topological polar surface area (TPSA) is 20.2 Å². The third kappa shape index (κ3) is 3.47. The molecule has 0 radical (unpaired) electrons. The van der Waals surface area contributed by atoms with E-state index in [4.69, 9.17) is 0 Å². The van der Waals surface area contributed by atoms with Crippen LogP contribution in [0.5, 0.6) is 0 Å². The molecule has 0 aromatic carbocycles. The monoisotopic (exact) mass is 238 g/mol. The van der Waals surface area contributed by atoms with Gasteiger partial charge >= 0.3 is 0 Å². The molecule has 0 bridgehead atoms. The maximum absolute atomic E-state index is 10.5. The van der Waals surface area contributed by atoms with Crippen LogP contribution in [0, 0.1) is 23.7 Å². The highest BCUT2D eigenvalue weighted by atomic mass is 16.3. The fraction of sp³-hybridized carbons (Fsp3) is 1.00. The van der Waals surface area contributed by atoms with E-state index < -0.39 is 0 Å². The van der Waals surface area contributed by atoms with Crippen molar-refractivity contribution >= 4 is 0 Å². The zero-order valence-corrected chi connectivity index (χ0v) is 11.7. The van der Waals surface area contributed by atoms with E-state index in [0.29, 0.717) is 11.8 Å². The second-order valence-electron chi connectivity index (χ2n) is 6.70. The van der Waals surface area contributed by atoms with Crippen LogP contribution in [0.2, 0.25) is 0 Å². The SMILES string of the molecule is CCC1CCC(C(O)C2CCC(C)CC2)CC1. The highest BCUT2D eigenvalue weighted by molar-refractivity contribution is 4.83. The van der Waals surface area contributed by atoms with Gasteiger partial charge in [0.1, 0.15) is 0 Å². The molecule has 2 aliphatic rings. The highest BCUT2D eigenvalue weighted by Crippen LogP contribution is 2.39. The molecule has 0 saturated heterocycles. The van der Waals surface area contributed by atoms with E-state index in [1.807, 2.05) is 0 Å². The van der Waals surface area contributed by atoms with Crippen LogP contribution in [0.25, 0.3) is 0 Å². The maximum Gasteiger partial charge on any atom is 0.0596 e. The third-order valence-electron chi connectivity index (χ3n) is 5.50. The smallest absolute Gasteiger partial charge is 0.0596 e. The van der Waals surface area contributed by atoms with Gasteiger partial charge in [-0.1, -0.05) is 46.0 Å². The van der Waals surface area contributed by atoms with Gasteiger partial charge in [-0.2, -0.15) is 0 Å². The standard InChI is InChI=1S/C16H30O/c1-3-13-6-10-15(11-7-13)16(17)14-8-4-12(2)5-9-14/h12-17H,3-11H2,1-2H3. The minimum atomic E-state index is 0.0142. The second-order valence-corrected chi connectivity index (χ2v) is 6.70. The Bertz CT molecular complexity index is 210. The van der Waals surface area contributed by atoms with Gasteiger partial charge in [0.15, 0.2) is 0 Å². The summed E-state index contributed by atoms with van der Waals surface area (Å²) in [6, 6.07) is 0. The van der Waals surface area contributed by atoms with Crippen LogP contribution in [0.4, 0.5) is 0 Å². The summed E-state index contributed by atoms with van der Waals surface area (Å²) in [7, 11) is 0. The van der Waals surface area contributed by atoms with Gasteiger partial charge in [0.2, 0.25) is 0 Å². The van der Waals surface area contributed by atoms with E-state index in [-0.39, 0.29) is 6.10 Å². The first-order valence-corrected chi connectivity index (χ1v) is 7.88. The van der Waals surface area contributed by atoms with Crippen molar-refractivity contribution in [2.75, 3.05) is 0 Å².